The molecule has 0 saturated heterocycles. The molecule has 0 aromatic heterocycles. The van der Waals surface area contributed by atoms with Crippen molar-refractivity contribution in [1.82, 2.24) is 5.32 Å². The van der Waals surface area contributed by atoms with E-state index in [1.165, 1.54) is 0 Å². The Hall–Kier alpha value is -2.04. The Kier molecular flexibility index (Phi) is 5.00. The van der Waals surface area contributed by atoms with Crippen molar-refractivity contribution in [2.24, 2.45) is 0 Å². The summed E-state index contributed by atoms with van der Waals surface area (Å²) in [6.07, 6.45) is 0.291. The minimum atomic E-state index is -1.06. The number of nitrogens with one attached hydrogen (secondary N) is 1. The lowest BCUT2D eigenvalue weighted by Gasteiger charge is -2.13. The largest absolute Gasteiger partial charge is 0.480 e. The zero-order valence-electron chi connectivity index (χ0n) is 9.55. The van der Waals surface area contributed by atoms with Gasteiger partial charge in [-0.05, 0) is 18.6 Å². The minimum absolute atomic E-state index is 0.374. The van der Waals surface area contributed by atoms with Gasteiger partial charge in [0.1, 0.15) is 11.8 Å². The molecule has 0 radical (unpaired) electrons. The SMILES string of the molecule is CCC[C@@H](NC(=O)Oc1ccccc1)C(=O)O. The van der Waals surface area contributed by atoms with E-state index in [1.807, 2.05) is 6.92 Å². The Balaban J connectivity index is 2.51. The van der Waals surface area contributed by atoms with Gasteiger partial charge < -0.3 is 15.2 Å². The molecule has 1 aromatic carbocycles. The van der Waals surface area contributed by atoms with Gasteiger partial charge in [0, 0.05) is 0 Å². The van der Waals surface area contributed by atoms with E-state index in [0.717, 1.165) is 0 Å². The molecular formula is C12H15NO4. The molecule has 5 heteroatoms. The smallest absolute Gasteiger partial charge is 0.413 e. The highest BCUT2D eigenvalue weighted by Gasteiger charge is 2.19. The van der Waals surface area contributed by atoms with Crippen LogP contribution in [0.15, 0.2) is 30.3 Å². The van der Waals surface area contributed by atoms with Crippen LogP contribution in [0.3, 0.4) is 0 Å². The number of carboxylic acids is 1. The monoisotopic (exact) mass is 237 g/mol. The molecule has 1 aromatic rings. The molecule has 0 fully saturated rings. The number of amides is 1. The van der Waals surface area contributed by atoms with E-state index < -0.39 is 18.1 Å². The highest BCUT2D eigenvalue weighted by Crippen LogP contribution is 2.08. The molecule has 2 N–H and O–H groups in total. The normalized spacial score (nSPS) is 11.6. The highest BCUT2D eigenvalue weighted by molar-refractivity contribution is 5.80. The van der Waals surface area contributed by atoms with Gasteiger partial charge in [-0.1, -0.05) is 31.5 Å². The van der Waals surface area contributed by atoms with Gasteiger partial charge in [0.25, 0.3) is 0 Å². The van der Waals surface area contributed by atoms with Crippen LogP contribution in [0.2, 0.25) is 0 Å². The summed E-state index contributed by atoms with van der Waals surface area (Å²) in [5, 5.41) is 11.2. The van der Waals surface area contributed by atoms with Gasteiger partial charge in [-0.3, -0.25) is 0 Å². The molecule has 0 heterocycles. The van der Waals surface area contributed by atoms with Gasteiger partial charge in [-0.25, -0.2) is 9.59 Å². The molecule has 0 aliphatic heterocycles. The summed E-state index contributed by atoms with van der Waals surface area (Å²) >= 11 is 0. The summed E-state index contributed by atoms with van der Waals surface area (Å²) < 4.78 is 4.93. The van der Waals surface area contributed by atoms with Crippen LogP contribution in [0.25, 0.3) is 0 Å². The molecule has 0 aliphatic rings. The number of hydrogen-bond acceptors (Lipinski definition) is 3. The Morgan fingerprint density at radius 3 is 2.53 bits per heavy atom. The Labute approximate surface area is 99.4 Å². The second-order valence-electron chi connectivity index (χ2n) is 3.53. The Morgan fingerprint density at radius 1 is 1.35 bits per heavy atom. The molecule has 5 nitrogen and oxygen atoms in total. The van der Waals surface area contributed by atoms with Crippen molar-refractivity contribution in [3.05, 3.63) is 30.3 Å². The fourth-order valence-corrected chi connectivity index (χ4v) is 1.31. The first-order valence-corrected chi connectivity index (χ1v) is 5.39. The van der Waals surface area contributed by atoms with E-state index in [4.69, 9.17) is 9.84 Å². The number of para-hydroxylation sites is 1. The lowest BCUT2D eigenvalue weighted by atomic mass is 10.2. The van der Waals surface area contributed by atoms with Gasteiger partial charge in [-0.2, -0.15) is 0 Å². The molecular weight excluding hydrogens is 222 g/mol. The second kappa shape index (κ2) is 6.52. The fourth-order valence-electron chi connectivity index (χ4n) is 1.31. The maximum Gasteiger partial charge on any atom is 0.413 e. The van der Waals surface area contributed by atoms with Crippen molar-refractivity contribution >= 4 is 12.1 Å². The van der Waals surface area contributed by atoms with Crippen LogP contribution in [0.4, 0.5) is 4.79 Å². The van der Waals surface area contributed by atoms with E-state index in [0.29, 0.717) is 18.6 Å². The van der Waals surface area contributed by atoms with Crippen LogP contribution in [-0.2, 0) is 4.79 Å². The number of aliphatic carboxylic acids is 1. The number of carbonyl (C=O) groups is 2. The van der Waals surface area contributed by atoms with Gasteiger partial charge in [0.15, 0.2) is 0 Å². The summed E-state index contributed by atoms with van der Waals surface area (Å²) in [6, 6.07) is 7.58. The van der Waals surface area contributed by atoms with E-state index >= 15 is 0 Å². The highest BCUT2D eigenvalue weighted by atomic mass is 16.6. The summed E-state index contributed by atoms with van der Waals surface area (Å²) in [4.78, 5) is 22.2. The number of benzene rings is 1. The van der Waals surface area contributed by atoms with Crippen LogP contribution < -0.4 is 10.1 Å². The number of ether oxygens (including phenoxy) is 1. The third-order valence-corrected chi connectivity index (χ3v) is 2.12. The second-order valence-corrected chi connectivity index (χ2v) is 3.53. The van der Waals surface area contributed by atoms with E-state index in [9.17, 15) is 9.59 Å². The first kappa shape index (κ1) is 13.0. The van der Waals surface area contributed by atoms with Crippen molar-refractivity contribution in [2.75, 3.05) is 0 Å². The minimum Gasteiger partial charge on any atom is -0.480 e. The predicted molar refractivity (Wildman–Crippen MR) is 61.9 cm³/mol. The topological polar surface area (TPSA) is 75.6 Å². The Morgan fingerprint density at radius 2 is 2.00 bits per heavy atom. The quantitative estimate of drug-likeness (QED) is 0.821. The first-order chi connectivity index (χ1) is 8.13. The third kappa shape index (κ3) is 4.55. The van der Waals surface area contributed by atoms with E-state index in [-0.39, 0.29) is 0 Å². The van der Waals surface area contributed by atoms with Crippen molar-refractivity contribution in [3.8, 4) is 5.75 Å². The molecule has 0 spiro atoms. The van der Waals surface area contributed by atoms with E-state index in [1.54, 1.807) is 30.3 Å². The van der Waals surface area contributed by atoms with Gasteiger partial charge >= 0.3 is 12.1 Å². The first-order valence-electron chi connectivity index (χ1n) is 5.39. The summed E-state index contributed by atoms with van der Waals surface area (Å²) in [6.45, 7) is 1.85. The maximum absolute atomic E-state index is 11.4. The average molecular weight is 237 g/mol. The number of carbonyl (C=O) groups excluding carboxylic acids is 1. The van der Waals surface area contributed by atoms with Crippen LogP contribution >= 0.6 is 0 Å². The fraction of sp³-hybridized carbons (Fsp3) is 0.333. The molecule has 1 amide bonds. The summed E-state index contributed by atoms with van der Waals surface area (Å²) in [5.74, 6) is -0.678. The van der Waals surface area contributed by atoms with Crippen molar-refractivity contribution in [1.29, 1.82) is 0 Å². The zero-order valence-corrected chi connectivity index (χ0v) is 9.55. The van der Waals surface area contributed by atoms with Crippen molar-refractivity contribution < 1.29 is 19.4 Å². The molecule has 92 valence electrons. The lowest BCUT2D eigenvalue weighted by Crippen LogP contribution is -2.42. The number of rotatable bonds is 5. The van der Waals surface area contributed by atoms with Crippen LogP contribution in [0, 0.1) is 0 Å². The van der Waals surface area contributed by atoms with Crippen LogP contribution in [0.1, 0.15) is 19.8 Å². The van der Waals surface area contributed by atoms with Crippen LogP contribution in [0.5, 0.6) is 5.75 Å². The van der Waals surface area contributed by atoms with Gasteiger partial charge in [-0.15, -0.1) is 0 Å². The lowest BCUT2D eigenvalue weighted by molar-refractivity contribution is -0.139. The summed E-state index contributed by atoms with van der Waals surface area (Å²) in [5.41, 5.74) is 0. The molecule has 17 heavy (non-hydrogen) atoms. The summed E-state index contributed by atoms with van der Waals surface area (Å²) in [7, 11) is 0. The zero-order chi connectivity index (χ0) is 12.7. The standard InChI is InChI=1S/C12H15NO4/c1-2-6-10(11(14)15)13-12(16)17-9-7-4-3-5-8-9/h3-5,7-8,10H,2,6H2,1H3,(H,13,16)(H,14,15)/t10-/m1/s1. The number of hydrogen-bond donors (Lipinski definition) is 2. The average Bonchev–Trinajstić information content (AvgIpc) is 2.29. The molecule has 0 aliphatic carbocycles. The molecule has 1 atom stereocenters. The predicted octanol–water partition coefficient (Wildman–Crippen LogP) is 2.03. The third-order valence-electron chi connectivity index (χ3n) is 2.12. The number of carboxylic acid groups (broad SMARTS) is 1. The molecule has 1 rings (SSSR count). The maximum atomic E-state index is 11.4. The van der Waals surface area contributed by atoms with Crippen molar-refractivity contribution in [3.63, 3.8) is 0 Å². The van der Waals surface area contributed by atoms with Gasteiger partial charge in [0.05, 0.1) is 0 Å². The van der Waals surface area contributed by atoms with Crippen molar-refractivity contribution in [2.45, 2.75) is 25.8 Å². The molecule has 0 unspecified atom stereocenters. The van der Waals surface area contributed by atoms with Crippen LogP contribution in [-0.4, -0.2) is 23.2 Å². The van der Waals surface area contributed by atoms with Gasteiger partial charge in [0.2, 0.25) is 0 Å². The van der Waals surface area contributed by atoms with E-state index in [2.05, 4.69) is 5.32 Å². The molecule has 0 saturated carbocycles. The molecule has 0 bridgehead atoms. The Bertz CT molecular complexity index is 377.